The van der Waals surface area contributed by atoms with Gasteiger partial charge in [0, 0.05) is 24.5 Å². The van der Waals surface area contributed by atoms with Gasteiger partial charge in [-0.05, 0) is 61.7 Å². The molecule has 158 valence electrons. The molecule has 30 heavy (non-hydrogen) atoms. The van der Waals surface area contributed by atoms with Crippen LogP contribution in [0.5, 0.6) is 0 Å². The smallest absolute Gasteiger partial charge is 0.302 e. The zero-order chi connectivity index (χ0) is 21.1. The summed E-state index contributed by atoms with van der Waals surface area (Å²) in [5.41, 5.74) is 3.77. The number of nitriles is 1. The number of imidazole rings is 1. The van der Waals surface area contributed by atoms with Gasteiger partial charge in [-0.3, -0.25) is 9.36 Å². The Morgan fingerprint density at radius 1 is 1.20 bits per heavy atom. The van der Waals surface area contributed by atoms with E-state index in [9.17, 15) is 10.1 Å². The first-order chi connectivity index (χ1) is 14.4. The Balaban J connectivity index is 1.42. The average molecular weight is 406 g/mol. The standard InChI is InChI=1S/C25H31N3O2/c1-16(29)30-19-8-10-24(2)17(12-19)4-5-20-21-6-7-23(25(21,3)11-9-22(20)24)28-15-27-14-18(28)13-26/h4,7,14-15,19-22H,5-6,8-12H2,1-3H3/t19-,20-,21-,22-,24-,25-/m0/s1. The van der Waals surface area contributed by atoms with Crippen molar-refractivity contribution in [2.24, 2.45) is 28.6 Å². The van der Waals surface area contributed by atoms with E-state index in [1.165, 1.54) is 24.6 Å². The van der Waals surface area contributed by atoms with Gasteiger partial charge in [-0.2, -0.15) is 5.26 Å². The van der Waals surface area contributed by atoms with Crippen LogP contribution in [0.25, 0.3) is 5.70 Å². The molecule has 0 saturated heterocycles. The van der Waals surface area contributed by atoms with Crippen LogP contribution in [0.3, 0.4) is 0 Å². The van der Waals surface area contributed by atoms with Gasteiger partial charge in [-0.15, -0.1) is 0 Å². The van der Waals surface area contributed by atoms with Gasteiger partial charge in [0.05, 0.1) is 12.5 Å². The Hall–Kier alpha value is -2.35. The molecule has 1 aromatic heterocycles. The molecule has 5 rings (SSSR count). The van der Waals surface area contributed by atoms with E-state index < -0.39 is 0 Å². The lowest BCUT2D eigenvalue weighted by atomic mass is 9.47. The number of esters is 1. The second-order valence-corrected chi connectivity index (χ2v) is 10.3. The van der Waals surface area contributed by atoms with Crippen molar-refractivity contribution >= 4 is 11.7 Å². The van der Waals surface area contributed by atoms with Gasteiger partial charge in [-0.1, -0.05) is 31.6 Å². The first-order valence-corrected chi connectivity index (χ1v) is 11.4. The number of carbonyl (C=O) groups is 1. The molecule has 0 radical (unpaired) electrons. The van der Waals surface area contributed by atoms with Crippen molar-refractivity contribution in [1.82, 2.24) is 9.55 Å². The SMILES string of the molecule is CC(=O)O[C@H]1CC[C@@]2(C)C(=CC[C@@H]3[C@@H]2CC[C@]2(C)C(n4cncc4C#N)=CC[C@@H]32)C1. The highest BCUT2D eigenvalue weighted by atomic mass is 16.5. The van der Waals surface area contributed by atoms with E-state index in [0.29, 0.717) is 23.4 Å². The number of aromatic nitrogens is 2. The van der Waals surface area contributed by atoms with Crippen molar-refractivity contribution in [3.63, 3.8) is 0 Å². The molecule has 4 aliphatic carbocycles. The van der Waals surface area contributed by atoms with Crippen LogP contribution in [0.1, 0.15) is 71.4 Å². The Labute approximate surface area is 178 Å². The summed E-state index contributed by atoms with van der Waals surface area (Å²) in [7, 11) is 0. The molecular formula is C25H31N3O2. The van der Waals surface area contributed by atoms with Crippen molar-refractivity contribution in [1.29, 1.82) is 5.26 Å². The monoisotopic (exact) mass is 405 g/mol. The largest absolute Gasteiger partial charge is 0.462 e. The van der Waals surface area contributed by atoms with Gasteiger partial charge in [0.15, 0.2) is 0 Å². The molecule has 0 aromatic carbocycles. The Morgan fingerprint density at radius 3 is 2.77 bits per heavy atom. The molecule has 0 amide bonds. The molecule has 5 heteroatoms. The molecule has 0 bridgehead atoms. The molecule has 0 unspecified atom stereocenters. The minimum atomic E-state index is -0.160. The number of nitrogens with zero attached hydrogens (tertiary/aromatic N) is 3. The molecule has 2 fully saturated rings. The summed E-state index contributed by atoms with van der Waals surface area (Å²) >= 11 is 0. The fourth-order valence-corrected chi connectivity index (χ4v) is 7.45. The van der Waals surface area contributed by atoms with E-state index in [4.69, 9.17) is 4.74 Å². The minimum Gasteiger partial charge on any atom is -0.462 e. The van der Waals surface area contributed by atoms with Gasteiger partial charge in [0.1, 0.15) is 17.9 Å². The molecule has 0 aliphatic heterocycles. The summed E-state index contributed by atoms with van der Waals surface area (Å²) in [5.74, 6) is 1.82. The van der Waals surface area contributed by atoms with E-state index in [0.717, 1.165) is 38.5 Å². The molecule has 0 spiro atoms. The first-order valence-electron chi connectivity index (χ1n) is 11.4. The molecule has 0 N–H and O–H groups in total. The molecule has 5 nitrogen and oxygen atoms in total. The Bertz CT molecular complexity index is 983. The Morgan fingerprint density at radius 2 is 2.00 bits per heavy atom. The predicted octanol–water partition coefficient (Wildman–Crippen LogP) is 5.10. The van der Waals surface area contributed by atoms with Crippen LogP contribution in [0.4, 0.5) is 0 Å². The highest BCUT2D eigenvalue weighted by Gasteiger charge is 2.57. The molecular weight excluding hydrogens is 374 g/mol. The van der Waals surface area contributed by atoms with Crippen molar-refractivity contribution < 1.29 is 9.53 Å². The maximum absolute atomic E-state index is 11.4. The minimum absolute atomic E-state index is 0.0534. The van der Waals surface area contributed by atoms with E-state index >= 15 is 0 Å². The van der Waals surface area contributed by atoms with Crippen LogP contribution in [0.15, 0.2) is 30.2 Å². The van der Waals surface area contributed by atoms with Gasteiger partial charge < -0.3 is 4.74 Å². The molecule has 4 aliphatic rings. The molecule has 2 saturated carbocycles. The molecule has 6 atom stereocenters. The second-order valence-electron chi connectivity index (χ2n) is 10.3. The van der Waals surface area contributed by atoms with Crippen LogP contribution in [-0.4, -0.2) is 21.6 Å². The topological polar surface area (TPSA) is 67.9 Å². The summed E-state index contributed by atoms with van der Waals surface area (Å²) in [4.78, 5) is 15.7. The highest BCUT2D eigenvalue weighted by Crippen LogP contribution is 2.65. The van der Waals surface area contributed by atoms with Crippen LogP contribution in [-0.2, 0) is 9.53 Å². The van der Waals surface area contributed by atoms with Gasteiger partial charge in [0.2, 0.25) is 0 Å². The van der Waals surface area contributed by atoms with Crippen molar-refractivity contribution in [3.8, 4) is 6.07 Å². The summed E-state index contributed by atoms with van der Waals surface area (Å²) in [6, 6.07) is 2.30. The van der Waals surface area contributed by atoms with Crippen LogP contribution in [0.2, 0.25) is 0 Å². The maximum atomic E-state index is 11.4. The molecule has 1 heterocycles. The summed E-state index contributed by atoms with van der Waals surface area (Å²) in [5, 5.41) is 9.50. The Kier molecular flexibility index (Phi) is 4.47. The van der Waals surface area contributed by atoms with E-state index in [-0.39, 0.29) is 22.9 Å². The highest BCUT2D eigenvalue weighted by molar-refractivity contribution is 5.66. The summed E-state index contributed by atoms with van der Waals surface area (Å²) < 4.78 is 7.58. The number of carbonyl (C=O) groups excluding carboxylic acids is 1. The lowest BCUT2D eigenvalue weighted by molar-refractivity contribution is -0.148. The maximum Gasteiger partial charge on any atom is 0.302 e. The summed E-state index contributed by atoms with van der Waals surface area (Å²) in [6.07, 6.45) is 16.0. The van der Waals surface area contributed by atoms with Crippen molar-refractivity contribution in [3.05, 3.63) is 35.9 Å². The normalized spacial score (nSPS) is 39.7. The van der Waals surface area contributed by atoms with Crippen molar-refractivity contribution in [2.75, 3.05) is 0 Å². The lowest BCUT2D eigenvalue weighted by Gasteiger charge is -2.57. The van der Waals surface area contributed by atoms with Crippen molar-refractivity contribution in [2.45, 2.75) is 71.8 Å². The zero-order valence-corrected chi connectivity index (χ0v) is 18.2. The third-order valence-electron chi connectivity index (χ3n) is 8.94. The van der Waals surface area contributed by atoms with Gasteiger partial charge in [0.25, 0.3) is 0 Å². The number of fused-ring (bicyclic) bond motifs is 5. The third-order valence-corrected chi connectivity index (χ3v) is 8.94. The second kappa shape index (κ2) is 6.83. The third kappa shape index (κ3) is 2.72. The zero-order valence-electron chi connectivity index (χ0n) is 18.2. The fourth-order valence-electron chi connectivity index (χ4n) is 7.45. The number of ether oxygens (including phenoxy) is 1. The van der Waals surface area contributed by atoms with Crippen LogP contribution in [0, 0.1) is 39.9 Å². The number of rotatable bonds is 2. The van der Waals surface area contributed by atoms with Gasteiger partial charge >= 0.3 is 5.97 Å². The van der Waals surface area contributed by atoms with Crippen LogP contribution >= 0.6 is 0 Å². The predicted molar refractivity (Wildman–Crippen MR) is 114 cm³/mol. The number of allylic oxidation sites excluding steroid dienone is 3. The quantitative estimate of drug-likeness (QED) is 0.507. The van der Waals surface area contributed by atoms with E-state index in [2.05, 4.69) is 37.1 Å². The summed E-state index contributed by atoms with van der Waals surface area (Å²) in [6.45, 7) is 6.39. The van der Waals surface area contributed by atoms with E-state index in [1.54, 1.807) is 12.5 Å². The van der Waals surface area contributed by atoms with Crippen LogP contribution < -0.4 is 0 Å². The number of hydrogen-bond acceptors (Lipinski definition) is 4. The first kappa shape index (κ1) is 19.6. The van der Waals surface area contributed by atoms with E-state index in [1.807, 2.05) is 4.57 Å². The fraction of sp³-hybridized carbons (Fsp3) is 0.640. The lowest BCUT2D eigenvalue weighted by Crippen LogP contribution is -2.50. The number of hydrogen-bond donors (Lipinski definition) is 0. The molecule has 1 aromatic rings. The van der Waals surface area contributed by atoms with Gasteiger partial charge in [-0.25, -0.2) is 4.98 Å². The average Bonchev–Trinajstić information content (AvgIpc) is 3.30.